The molecular formula is C15H26N2O3. The highest BCUT2D eigenvalue weighted by Gasteiger charge is 2.33. The predicted molar refractivity (Wildman–Crippen MR) is 76.5 cm³/mol. The minimum absolute atomic E-state index is 0.0329. The number of amides is 2. The molecule has 1 saturated carbocycles. The molecule has 2 rings (SSSR count). The molecule has 2 unspecified atom stereocenters. The minimum Gasteiger partial charge on any atom is -0.481 e. The van der Waals surface area contributed by atoms with Crippen molar-refractivity contribution in [2.24, 2.45) is 11.3 Å². The van der Waals surface area contributed by atoms with Gasteiger partial charge in [-0.15, -0.1) is 0 Å². The molecule has 20 heavy (non-hydrogen) atoms. The molecule has 5 nitrogen and oxygen atoms in total. The zero-order valence-electron chi connectivity index (χ0n) is 12.5. The summed E-state index contributed by atoms with van der Waals surface area (Å²) in [5, 5.41) is 11.8. The van der Waals surface area contributed by atoms with Crippen LogP contribution >= 0.6 is 0 Å². The molecule has 2 amide bonds. The third kappa shape index (κ3) is 4.12. The van der Waals surface area contributed by atoms with Gasteiger partial charge in [0, 0.05) is 25.6 Å². The second kappa shape index (κ2) is 6.02. The highest BCUT2D eigenvalue weighted by Crippen LogP contribution is 2.37. The van der Waals surface area contributed by atoms with Crippen molar-refractivity contribution >= 4 is 12.0 Å². The lowest BCUT2D eigenvalue weighted by Gasteiger charge is -2.22. The summed E-state index contributed by atoms with van der Waals surface area (Å²) in [7, 11) is 0. The summed E-state index contributed by atoms with van der Waals surface area (Å²) in [5.74, 6) is -0.405. The first-order valence-corrected chi connectivity index (χ1v) is 7.63. The molecule has 0 aromatic rings. The standard InChI is InChI=1S/C15H26N2O3/c1-15(2)7-5-12(9-15)16-14(20)17-8-6-11(10-17)3-4-13(18)19/h11-12H,3-10H2,1-2H3,(H,16,20)(H,18,19). The van der Waals surface area contributed by atoms with E-state index in [-0.39, 0.29) is 12.5 Å². The van der Waals surface area contributed by atoms with E-state index >= 15 is 0 Å². The quantitative estimate of drug-likeness (QED) is 0.832. The number of likely N-dealkylation sites (tertiary alicyclic amines) is 1. The molecule has 2 atom stereocenters. The Morgan fingerprint density at radius 1 is 1.35 bits per heavy atom. The Morgan fingerprint density at radius 3 is 2.70 bits per heavy atom. The summed E-state index contributed by atoms with van der Waals surface area (Å²) in [6, 6.07) is 0.334. The van der Waals surface area contributed by atoms with Crippen molar-refractivity contribution in [2.75, 3.05) is 13.1 Å². The Kier molecular flexibility index (Phi) is 4.55. The number of carbonyl (C=O) groups excluding carboxylic acids is 1. The van der Waals surface area contributed by atoms with Crippen molar-refractivity contribution in [3.8, 4) is 0 Å². The van der Waals surface area contributed by atoms with Crippen molar-refractivity contribution in [1.82, 2.24) is 10.2 Å². The van der Waals surface area contributed by atoms with E-state index in [1.807, 2.05) is 4.90 Å². The molecule has 0 aromatic heterocycles. The lowest BCUT2D eigenvalue weighted by molar-refractivity contribution is -0.137. The van der Waals surface area contributed by atoms with Gasteiger partial charge in [0.25, 0.3) is 0 Å². The molecule has 0 radical (unpaired) electrons. The van der Waals surface area contributed by atoms with Crippen molar-refractivity contribution in [2.45, 2.75) is 58.4 Å². The van der Waals surface area contributed by atoms with Gasteiger partial charge >= 0.3 is 12.0 Å². The van der Waals surface area contributed by atoms with Gasteiger partial charge in [-0.25, -0.2) is 4.79 Å². The maximum Gasteiger partial charge on any atom is 0.317 e. The van der Waals surface area contributed by atoms with E-state index < -0.39 is 5.97 Å². The van der Waals surface area contributed by atoms with Crippen molar-refractivity contribution < 1.29 is 14.7 Å². The number of nitrogens with zero attached hydrogens (tertiary/aromatic N) is 1. The van der Waals surface area contributed by atoms with E-state index in [0.29, 0.717) is 30.3 Å². The van der Waals surface area contributed by atoms with Gasteiger partial charge in [-0.05, 0) is 43.4 Å². The van der Waals surface area contributed by atoms with Gasteiger partial charge in [0.1, 0.15) is 0 Å². The fraction of sp³-hybridized carbons (Fsp3) is 0.867. The molecule has 0 bridgehead atoms. The highest BCUT2D eigenvalue weighted by molar-refractivity contribution is 5.75. The Morgan fingerprint density at radius 2 is 2.10 bits per heavy atom. The Hall–Kier alpha value is -1.26. The number of hydrogen-bond donors (Lipinski definition) is 2. The number of carboxylic acids is 1. The second-order valence-corrected chi connectivity index (χ2v) is 7.09. The Labute approximate surface area is 120 Å². The SMILES string of the molecule is CC1(C)CCC(NC(=O)N2CCC(CCC(=O)O)C2)C1. The van der Waals surface area contributed by atoms with E-state index in [1.54, 1.807) is 0 Å². The summed E-state index contributed by atoms with van der Waals surface area (Å²) in [5.41, 5.74) is 0.340. The molecule has 5 heteroatoms. The molecule has 2 aliphatic rings. The van der Waals surface area contributed by atoms with Crippen molar-refractivity contribution in [3.63, 3.8) is 0 Å². The first-order chi connectivity index (χ1) is 9.35. The third-order valence-corrected chi connectivity index (χ3v) is 4.64. The van der Waals surface area contributed by atoms with Crippen LogP contribution in [0.3, 0.4) is 0 Å². The van der Waals surface area contributed by atoms with Gasteiger partial charge in [0.05, 0.1) is 0 Å². The zero-order valence-corrected chi connectivity index (χ0v) is 12.5. The summed E-state index contributed by atoms with van der Waals surface area (Å²) in [4.78, 5) is 24.6. The number of nitrogens with one attached hydrogen (secondary N) is 1. The second-order valence-electron chi connectivity index (χ2n) is 7.09. The van der Waals surface area contributed by atoms with E-state index in [1.165, 1.54) is 6.42 Å². The van der Waals surface area contributed by atoms with Crippen LogP contribution in [-0.4, -0.2) is 41.1 Å². The number of rotatable bonds is 4. The summed E-state index contributed by atoms with van der Waals surface area (Å²) in [6.07, 6.45) is 5.09. The zero-order chi connectivity index (χ0) is 14.8. The van der Waals surface area contributed by atoms with Crippen LogP contribution in [0.1, 0.15) is 52.4 Å². The van der Waals surface area contributed by atoms with Gasteiger partial charge in [0.15, 0.2) is 0 Å². The Bertz CT molecular complexity index is 381. The van der Waals surface area contributed by atoms with Gasteiger partial charge in [0.2, 0.25) is 0 Å². The first-order valence-electron chi connectivity index (χ1n) is 7.63. The van der Waals surface area contributed by atoms with E-state index in [0.717, 1.165) is 25.8 Å². The predicted octanol–water partition coefficient (Wildman–Crippen LogP) is 2.46. The lowest BCUT2D eigenvalue weighted by atomic mass is 9.92. The minimum atomic E-state index is -0.749. The van der Waals surface area contributed by atoms with E-state index in [4.69, 9.17) is 5.11 Å². The van der Waals surface area contributed by atoms with Gasteiger partial charge in [-0.1, -0.05) is 13.8 Å². The molecule has 1 heterocycles. The van der Waals surface area contributed by atoms with Gasteiger partial charge < -0.3 is 15.3 Å². The third-order valence-electron chi connectivity index (χ3n) is 4.64. The van der Waals surface area contributed by atoms with Crippen LogP contribution in [0.2, 0.25) is 0 Å². The fourth-order valence-electron chi connectivity index (χ4n) is 3.41. The van der Waals surface area contributed by atoms with Crippen LogP contribution in [0.4, 0.5) is 4.79 Å². The van der Waals surface area contributed by atoms with Crippen molar-refractivity contribution in [1.29, 1.82) is 0 Å². The highest BCUT2D eigenvalue weighted by atomic mass is 16.4. The number of aliphatic carboxylic acids is 1. The summed E-state index contributed by atoms with van der Waals surface area (Å²) in [6.45, 7) is 5.95. The van der Waals surface area contributed by atoms with Crippen LogP contribution in [0, 0.1) is 11.3 Å². The normalized spacial score (nSPS) is 28.6. The summed E-state index contributed by atoms with van der Waals surface area (Å²) < 4.78 is 0. The summed E-state index contributed by atoms with van der Waals surface area (Å²) >= 11 is 0. The van der Waals surface area contributed by atoms with Crippen LogP contribution < -0.4 is 5.32 Å². The smallest absolute Gasteiger partial charge is 0.317 e. The maximum atomic E-state index is 12.2. The maximum absolute atomic E-state index is 12.2. The van der Waals surface area contributed by atoms with E-state index in [9.17, 15) is 9.59 Å². The van der Waals surface area contributed by atoms with Crippen LogP contribution in [0.25, 0.3) is 0 Å². The largest absolute Gasteiger partial charge is 0.481 e. The molecule has 0 spiro atoms. The van der Waals surface area contributed by atoms with Crippen molar-refractivity contribution in [3.05, 3.63) is 0 Å². The average molecular weight is 282 g/mol. The molecule has 1 saturated heterocycles. The number of urea groups is 1. The Balaban J connectivity index is 1.73. The molecule has 2 fully saturated rings. The van der Waals surface area contributed by atoms with Crippen LogP contribution in [0.5, 0.6) is 0 Å². The average Bonchev–Trinajstić information content (AvgIpc) is 2.93. The first kappa shape index (κ1) is 15.1. The van der Waals surface area contributed by atoms with Gasteiger partial charge in [-0.2, -0.15) is 0 Å². The van der Waals surface area contributed by atoms with Crippen LogP contribution in [0.15, 0.2) is 0 Å². The van der Waals surface area contributed by atoms with Gasteiger partial charge in [-0.3, -0.25) is 4.79 Å². The van der Waals surface area contributed by atoms with E-state index in [2.05, 4.69) is 19.2 Å². The molecular weight excluding hydrogens is 256 g/mol. The number of carboxylic acid groups (broad SMARTS) is 1. The molecule has 114 valence electrons. The molecule has 0 aromatic carbocycles. The number of hydrogen-bond acceptors (Lipinski definition) is 2. The molecule has 1 aliphatic heterocycles. The molecule has 2 N–H and O–H groups in total. The monoisotopic (exact) mass is 282 g/mol. The number of carbonyl (C=O) groups is 2. The molecule has 1 aliphatic carbocycles. The fourth-order valence-corrected chi connectivity index (χ4v) is 3.41. The lowest BCUT2D eigenvalue weighted by Crippen LogP contribution is -2.43. The topological polar surface area (TPSA) is 69.6 Å². The van der Waals surface area contributed by atoms with Crippen LogP contribution in [-0.2, 0) is 4.79 Å².